The van der Waals surface area contributed by atoms with Crippen molar-refractivity contribution >= 4 is 50.3 Å². The minimum absolute atomic E-state index is 0.214. The van der Waals surface area contributed by atoms with Gasteiger partial charge in [0.2, 0.25) is 5.88 Å². The summed E-state index contributed by atoms with van der Waals surface area (Å²) in [5.41, 5.74) is 8.45. The number of aromatic nitrogens is 2. The molecule has 0 aliphatic rings. The molecular formula is C17H14BrF3N4OS. The largest absolute Gasteiger partial charge is 0.480 e. The van der Waals surface area contributed by atoms with Gasteiger partial charge in [-0.05, 0) is 57.7 Å². The van der Waals surface area contributed by atoms with Gasteiger partial charge >= 0.3 is 6.18 Å². The van der Waals surface area contributed by atoms with Crippen LogP contribution in [0.4, 0.5) is 24.7 Å². The van der Waals surface area contributed by atoms with Crippen molar-refractivity contribution in [3.8, 4) is 17.0 Å². The molecule has 3 aromatic rings. The Labute approximate surface area is 165 Å². The maximum Gasteiger partial charge on any atom is 0.399 e. The number of fused-ring (bicyclic) bond motifs is 1. The van der Waals surface area contributed by atoms with E-state index < -0.39 is 11.9 Å². The fourth-order valence-electron chi connectivity index (χ4n) is 2.39. The second-order valence-electron chi connectivity index (χ2n) is 5.55. The molecule has 3 rings (SSSR count). The Morgan fingerprint density at radius 3 is 2.70 bits per heavy atom. The fourth-order valence-corrected chi connectivity index (χ4v) is 3.26. The van der Waals surface area contributed by atoms with E-state index in [2.05, 4.69) is 30.6 Å². The molecule has 0 unspecified atom stereocenters. The second kappa shape index (κ2) is 7.81. The summed E-state index contributed by atoms with van der Waals surface area (Å²) in [6.45, 7) is 0. The Balaban J connectivity index is 1.93. The summed E-state index contributed by atoms with van der Waals surface area (Å²) in [5, 5.41) is 0.866. The summed E-state index contributed by atoms with van der Waals surface area (Å²) in [4.78, 5) is 8.47. The number of rotatable bonds is 5. The molecule has 0 fully saturated rings. The zero-order chi connectivity index (χ0) is 19.6. The first kappa shape index (κ1) is 19.6. The molecule has 0 saturated carbocycles. The third-order valence-electron chi connectivity index (χ3n) is 3.59. The Bertz CT molecular complexity index is 984. The van der Waals surface area contributed by atoms with Gasteiger partial charge in [0.25, 0.3) is 0 Å². The number of nitrogens with one attached hydrogen (secondary N) is 1. The first-order chi connectivity index (χ1) is 12.8. The molecule has 0 amide bonds. The van der Waals surface area contributed by atoms with Crippen LogP contribution >= 0.6 is 27.9 Å². The van der Waals surface area contributed by atoms with E-state index in [9.17, 15) is 13.2 Å². The number of nitrogens with two attached hydrogens (primary N) is 1. The highest BCUT2D eigenvalue weighted by Gasteiger charge is 2.27. The molecule has 0 spiro atoms. The molecule has 0 saturated heterocycles. The number of halogens is 4. The third kappa shape index (κ3) is 4.75. The molecule has 2 heterocycles. The number of hydrogen-bond acceptors (Lipinski definition) is 6. The van der Waals surface area contributed by atoms with Gasteiger partial charge in [-0.15, -0.1) is 0 Å². The van der Waals surface area contributed by atoms with Gasteiger partial charge in [0.05, 0.1) is 17.1 Å². The van der Waals surface area contributed by atoms with Crippen LogP contribution in [0.5, 0.6) is 5.88 Å². The standard InChI is InChI=1S/C17H14BrF3N4OS/c1-26-16-14(25-27-8-17(19,20)21)6-11(7-23-16)9-2-3-13-10(4-9)5-12(18)15(22)24-13/h2-7,25H,8H2,1H3,(H2,22,24). The van der Waals surface area contributed by atoms with Crippen LogP contribution < -0.4 is 15.2 Å². The van der Waals surface area contributed by atoms with Crippen molar-refractivity contribution in [2.24, 2.45) is 0 Å². The second-order valence-corrected chi connectivity index (χ2v) is 7.19. The van der Waals surface area contributed by atoms with Gasteiger partial charge in [0, 0.05) is 17.1 Å². The molecule has 10 heteroatoms. The van der Waals surface area contributed by atoms with Crippen molar-refractivity contribution in [1.29, 1.82) is 0 Å². The highest BCUT2D eigenvalue weighted by atomic mass is 79.9. The van der Waals surface area contributed by atoms with Crippen LogP contribution in [-0.2, 0) is 0 Å². The molecule has 2 aromatic heterocycles. The van der Waals surface area contributed by atoms with Crippen molar-refractivity contribution < 1.29 is 17.9 Å². The molecule has 1 aromatic carbocycles. The number of pyridine rings is 2. The summed E-state index contributed by atoms with van der Waals surface area (Å²) < 4.78 is 45.6. The minimum atomic E-state index is -4.27. The van der Waals surface area contributed by atoms with E-state index >= 15 is 0 Å². The van der Waals surface area contributed by atoms with Crippen molar-refractivity contribution in [2.45, 2.75) is 6.18 Å². The molecule has 142 valence electrons. The molecule has 0 aliphatic carbocycles. The Morgan fingerprint density at radius 1 is 1.22 bits per heavy atom. The van der Waals surface area contributed by atoms with Crippen molar-refractivity contribution in [2.75, 3.05) is 23.3 Å². The molecule has 0 bridgehead atoms. The predicted octanol–water partition coefficient (Wildman–Crippen LogP) is 5.27. The molecule has 5 nitrogen and oxygen atoms in total. The lowest BCUT2D eigenvalue weighted by Gasteiger charge is -2.13. The van der Waals surface area contributed by atoms with E-state index in [1.54, 1.807) is 12.3 Å². The Hall–Kier alpha value is -2.20. The average Bonchev–Trinajstić information content (AvgIpc) is 2.61. The molecule has 3 N–H and O–H groups in total. The number of nitrogen functional groups attached to an aromatic ring is 1. The molecule has 0 atom stereocenters. The molecule has 27 heavy (non-hydrogen) atoms. The normalized spacial score (nSPS) is 11.6. The lowest BCUT2D eigenvalue weighted by atomic mass is 10.0. The number of alkyl halides is 3. The predicted molar refractivity (Wildman–Crippen MR) is 106 cm³/mol. The summed E-state index contributed by atoms with van der Waals surface area (Å²) in [6, 6.07) is 9.12. The van der Waals surface area contributed by atoms with Gasteiger partial charge in [-0.3, -0.25) is 0 Å². The number of hydrogen-bond donors (Lipinski definition) is 2. The van der Waals surface area contributed by atoms with Crippen molar-refractivity contribution in [1.82, 2.24) is 9.97 Å². The van der Waals surface area contributed by atoms with E-state index in [1.807, 2.05) is 24.3 Å². The van der Waals surface area contributed by atoms with Gasteiger partial charge in [-0.1, -0.05) is 6.07 Å². The van der Waals surface area contributed by atoms with Crippen LogP contribution in [0, 0.1) is 0 Å². The number of benzene rings is 1. The van der Waals surface area contributed by atoms with E-state index in [0.717, 1.165) is 22.0 Å². The summed E-state index contributed by atoms with van der Waals surface area (Å²) >= 11 is 3.88. The maximum atomic E-state index is 12.4. The zero-order valence-electron chi connectivity index (χ0n) is 14.0. The van der Waals surface area contributed by atoms with Crippen LogP contribution in [0.25, 0.3) is 22.0 Å². The zero-order valence-corrected chi connectivity index (χ0v) is 16.4. The monoisotopic (exact) mass is 458 g/mol. The highest BCUT2D eigenvalue weighted by molar-refractivity contribution is 9.10. The van der Waals surface area contributed by atoms with Crippen LogP contribution in [0.15, 0.2) is 41.0 Å². The highest BCUT2D eigenvalue weighted by Crippen LogP contribution is 2.33. The summed E-state index contributed by atoms with van der Waals surface area (Å²) in [5.74, 6) is -0.418. The third-order valence-corrected chi connectivity index (χ3v) is 5.06. The van der Waals surface area contributed by atoms with E-state index in [1.165, 1.54) is 7.11 Å². The summed E-state index contributed by atoms with van der Waals surface area (Å²) in [6.07, 6.45) is -2.67. The topological polar surface area (TPSA) is 73.1 Å². The van der Waals surface area contributed by atoms with Crippen molar-refractivity contribution in [3.05, 3.63) is 41.0 Å². The van der Waals surface area contributed by atoms with Gasteiger partial charge in [-0.2, -0.15) is 13.2 Å². The lowest BCUT2D eigenvalue weighted by Crippen LogP contribution is -2.12. The van der Waals surface area contributed by atoms with Crippen LogP contribution in [-0.4, -0.2) is 29.0 Å². The van der Waals surface area contributed by atoms with Gasteiger partial charge in [0.1, 0.15) is 17.3 Å². The molecule has 0 radical (unpaired) electrons. The Morgan fingerprint density at radius 2 is 2.00 bits per heavy atom. The summed E-state index contributed by atoms with van der Waals surface area (Å²) in [7, 11) is 1.41. The minimum Gasteiger partial charge on any atom is -0.480 e. The van der Waals surface area contributed by atoms with Crippen LogP contribution in [0.3, 0.4) is 0 Å². The van der Waals surface area contributed by atoms with E-state index in [4.69, 9.17) is 10.5 Å². The first-order valence-electron chi connectivity index (χ1n) is 7.61. The lowest BCUT2D eigenvalue weighted by molar-refractivity contribution is -0.105. The maximum absolute atomic E-state index is 12.4. The number of anilines is 2. The average molecular weight is 459 g/mol. The molecule has 0 aliphatic heterocycles. The quantitative estimate of drug-likeness (QED) is 0.507. The smallest absolute Gasteiger partial charge is 0.399 e. The van der Waals surface area contributed by atoms with Crippen LogP contribution in [0.2, 0.25) is 0 Å². The van der Waals surface area contributed by atoms with Crippen LogP contribution in [0.1, 0.15) is 0 Å². The van der Waals surface area contributed by atoms with Crippen molar-refractivity contribution in [3.63, 3.8) is 0 Å². The number of ether oxygens (including phenoxy) is 1. The van der Waals surface area contributed by atoms with E-state index in [-0.39, 0.29) is 5.88 Å². The van der Waals surface area contributed by atoms with Gasteiger partial charge in [0.15, 0.2) is 0 Å². The first-order valence-corrected chi connectivity index (χ1v) is 9.39. The SMILES string of the molecule is COc1ncc(-c2ccc3nc(N)c(Br)cc3c2)cc1NSCC(F)(F)F. The number of nitrogens with zero attached hydrogens (tertiary/aromatic N) is 2. The van der Waals surface area contributed by atoms with E-state index in [0.29, 0.717) is 27.9 Å². The van der Waals surface area contributed by atoms with Gasteiger partial charge in [-0.25, -0.2) is 9.97 Å². The Kier molecular flexibility index (Phi) is 5.66. The molecular weight excluding hydrogens is 445 g/mol. The fraction of sp³-hybridized carbons (Fsp3) is 0.176. The van der Waals surface area contributed by atoms with Gasteiger partial charge < -0.3 is 15.2 Å². The number of methoxy groups -OCH3 is 1.